The van der Waals surface area contributed by atoms with Gasteiger partial charge in [-0.3, -0.25) is 4.79 Å². The van der Waals surface area contributed by atoms with E-state index in [0.717, 1.165) is 19.3 Å². The minimum Gasteiger partial charge on any atom is -0.352 e. The smallest absolute Gasteiger partial charge is 0.238 e. The number of amides is 1. The number of primary sulfonamides is 1. The van der Waals surface area contributed by atoms with Gasteiger partial charge in [0.1, 0.15) is 0 Å². The number of nitrogens with one attached hydrogen (secondary N) is 1. The number of hydrogen-bond donors (Lipinski definition) is 3. The van der Waals surface area contributed by atoms with Gasteiger partial charge in [0.15, 0.2) is 0 Å². The first kappa shape index (κ1) is 18.9. The highest BCUT2D eigenvalue weighted by molar-refractivity contribution is 7.89. The zero-order chi connectivity index (χ0) is 15.5. The van der Waals surface area contributed by atoms with Gasteiger partial charge in [-0.15, -0.1) is 12.4 Å². The van der Waals surface area contributed by atoms with Gasteiger partial charge in [-0.2, -0.15) is 0 Å². The maximum Gasteiger partial charge on any atom is 0.238 e. The molecule has 5 N–H and O–H groups in total. The number of sulfonamides is 1. The van der Waals surface area contributed by atoms with E-state index in [0.29, 0.717) is 12.1 Å². The van der Waals surface area contributed by atoms with E-state index in [9.17, 15) is 13.2 Å². The van der Waals surface area contributed by atoms with E-state index < -0.39 is 10.0 Å². The van der Waals surface area contributed by atoms with Crippen LogP contribution in [0.15, 0.2) is 29.2 Å². The lowest BCUT2D eigenvalue weighted by Crippen LogP contribution is -2.34. The molecule has 6 nitrogen and oxygen atoms in total. The second kappa shape index (κ2) is 7.92. The molecule has 2 rings (SSSR count). The zero-order valence-electron chi connectivity index (χ0n) is 12.2. The van der Waals surface area contributed by atoms with E-state index in [1.807, 2.05) is 0 Å². The van der Waals surface area contributed by atoms with Gasteiger partial charge >= 0.3 is 0 Å². The average Bonchev–Trinajstić information content (AvgIpc) is 2.92. The van der Waals surface area contributed by atoms with Crippen molar-refractivity contribution in [3.8, 4) is 0 Å². The van der Waals surface area contributed by atoms with Crippen molar-refractivity contribution in [3.63, 3.8) is 0 Å². The molecule has 0 aromatic heterocycles. The van der Waals surface area contributed by atoms with Crippen LogP contribution in [0, 0.1) is 11.8 Å². The average molecular weight is 348 g/mol. The van der Waals surface area contributed by atoms with Crippen LogP contribution in [0.5, 0.6) is 0 Å². The number of halogens is 1. The second-order valence-corrected chi connectivity index (χ2v) is 7.00. The molecular weight excluding hydrogens is 326 g/mol. The van der Waals surface area contributed by atoms with Crippen molar-refractivity contribution in [2.24, 2.45) is 22.7 Å². The molecule has 2 atom stereocenters. The van der Waals surface area contributed by atoms with Crippen molar-refractivity contribution in [2.75, 3.05) is 6.54 Å². The summed E-state index contributed by atoms with van der Waals surface area (Å²) in [4.78, 5) is 12.2. The predicted octanol–water partition coefficient (Wildman–Crippen LogP) is 0.747. The van der Waals surface area contributed by atoms with Crippen LogP contribution < -0.4 is 16.2 Å². The van der Waals surface area contributed by atoms with E-state index in [4.69, 9.17) is 10.9 Å². The number of carbonyl (C=O) groups is 1. The summed E-state index contributed by atoms with van der Waals surface area (Å²) in [5, 5.41) is 7.94. The summed E-state index contributed by atoms with van der Waals surface area (Å²) in [6.07, 6.45) is 2.89. The van der Waals surface area contributed by atoms with Gasteiger partial charge in [0.05, 0.1) is 4.90 Å². The van der Waals surface area contributed by atoms with Gasteiger partial charge in [0.2, 0.25) is 15.9 Å². The molecule has 0 heterocycles. The van der Waals surface area contributed by atoms with Gasteiger partial charge in [-0.05, 0) is 43.0 Å². The minimum atomic E-state index is -3.72. The van der Waals surface area contributed by atoms with E-state index >= 15 is 0 Å². The summed E-state index contributed by atoms with van der Waals surface area (Å²) < 4.78 is 22.6. The third-order valence-electron chi connectivity index (χ3n) is 3.99. The van der Waals surface area contributed by atoms with Crippen LogP contribution in [-0.4, -0.2) is 20.9 Å². The molecule has 0 unspecified atom stereocenters. The Morgan fingerprint density at radius 2 is 2.05 bits per heavy atom. The minimum absolute atomic E-state index is 0. The molecule has 22 heavy (non-hydrogen) atoms. The zero-order valence-corrected chi connectivity index (χ0v) is 13.8. The van der Waals surface area contributed by atoms with E-state index in [-0.39, 0.29) is 41.6 Å². The molecule has 0 saturated heterocycles. The SMILES string of the molecule is Cl.NC[C@H]1CCC[C@H]1C(=O)NCc1cccc(S(N)(=O)=O)c1. The number of nitrogens with two attached hydrogens (primary N) is 2. The fourth-order valence-electron chi connectivity index (χ4n) is 2.82. The molecule has 0 bridgehead atoms. The summed E-state index contributed by atoms with van der Waals surface area (Å²) >= 11 is 0. The third-order valence-corrected chi connectivity index (χ3v) is 4.90. The molecule has 124 valence electrons. The summed E-state index contributed by atoms with van der Waals surface area (Å²) in [7, 11) is -3.72. The largest absolute Gasteiger partial charge is 0.352 e. The normalized spacial score (nSPS) is 21.2. The molecule has 1 fully saturated rings. The molecule has 8 heteroatoms. The molecule has 1 amide bonds. The molecule has 0 spiro atoms. The van der Waals surface area contributed by atoms with Crippen LogP contribution in [0.25, 0.3) is 0 Å². The van der Waals surface area contributed by atoms with Crippen LogP contribution in [-0.2, 0) is 21.4 Å². The topological polar surface area (TPSA) is 115 Å². The van der Waals surface area contributed by atoms with Crippen LogP contribution >= 0.6 is 12.4 Å². The lowest BCUT2D eigenvalue weighted by molar-refractivity contribution is -0.126. The van der Waals surface area contributed by atoms with Crippen molar-refractivity contribution in [1.29, 1.82) is 0 Å². The molecule has 1 aromatic carbocycles. The van der Waals surface area contributed by atoms with Crippen molar-refractivity contribution < 1.29 is 13.2 Å². The maximum atomic E-state index is 12.2. The Labute approximate surface area is 137 Å². The summed E-state index contributed by atoms with van der Waals surface area (Å²) in [5.74, 6) is 0.209. The van der Waals surface area contributed by atoms with Crippen molar-refractivity contribution in [3.05, 3.63) is 29.8 Å². The highest BCUT2D eigenvalue weighted by Gasteiger charge is 2.31. The molecule has 1 aliphatic carbocycles. The summed E-state index contributed by atoms with van der Waals surface area (Å²) in [5.41, 5.74) is 6.38. The summed E-state index contributed by atoms with van der Waals surface area (Å²) in [6.45, 7) is 0.814. The highest BCUT2D eigenvalue weighted by atomic mass is 35.5. The maximum absolute atomic E-state index is 12.2. The standard InChI is InChI=1S/C14H21N3O3S.ClH/c15-8-11-4-2-6-13(11)14(18)17-9-10-3-1-5-12(7-10)21(16,19)20;/h1,3,5,7,11,13H,2,4,6,8-9,15H2,(H,17,18)(H2,16,19,20);1H/t11-,13-;/m1./s1. The van der Waals surface area contributed by atoms with Crippen molar-refractivity contribution in [1.82, 2.24) is 5.32 Å². The number of rotatable bonds is 5. The molecule has 0 radical (unpaired) electrons. The summed E-state index contributed by atoms with van der Waals surface area (Å²) in [6, 6.07) is 6.27. The van der Waals surface area contributed by atoms with Gasteiger partial charge in [0.25, 0.3) is 0 Å². The van der Waals surface area contributed by atoms with Crippen molar-refractivity contribution in [2.45, 2.75) is 30.7 Å². The molecule has 1 aromatic rings. The van der Waals surface area contributed by atoms with Crippen LogP contribution in [0.3, 0.4) is 0 Å². The van der Waals surface area contributed by atoms with E-state index in [2.05, 4.69) is 5.32 Å². The first-order valence-electron chi connectivity index (χ1n) is 7.01. The van der Waals surface area contributed by atoms with Crippen LogP contribution in [0.4, 0.5) is 0 Å². The van der Waals surface area contributed by atoms with E-state index in [1.165, 1.54) is 12.1 Å². The number of hydrogen-bond acceptors (Lipinski definition) is 4. The Hall–Kier alpha value is -1.15. The van der Waals surface area contributed by atoms with Crippen LogP contribution in [0.2, 0.25) is 0 Å². The van der Waals surface area contributed by atoms with Gasteiger partial charge < -0.3 is 11.1 Å². The Morgan fingerprint density at radius 3 is 2.68 bits per heavy atom. The van der Waals surface area contributed by atoms with Gasteiger partial charge in [-0.1, -0.05) is 18.6 Å². The molecule has 1 saturated carbocycles. The molecule has 0 aliphatic heterocycles. The number of carbonyl (C=O) groups excluding carboxylic acids is 1. The Morgan fingerprint density at radius 1 is 1.32 bits per heavy atom. The Bertz CT molecular complexity index is 622. The first-order chi connectivity index (χ1) is 9.91. The molecule has 1 aliphatic rings. The van der Waals surface area contributed by atoms with Crippen LogP contribution in [0.1, 0.15) is 24.8 Å². The van der Waals surface area contributed by atoms with E-state index in [1.54, 1.807) is 12.1 Å². The number of benzene rings is 1. The highest BCUT2D eigenvalue weighted by Crippen LogP contribution is 2.30. The fourth-order valence-corrected chi connectivity index (χ4v) is 3.40. The lowest BCUT2D eigenvalue weighted by Gasteiger charge is -2.17. The monoisotopic (exact) mass is 347 g/mol. The Kier molecular flexibility index (Phi) is 6.80. The second-order valence-electron chi connectivity index (χ2n) is 5.44. The third kappa shape index (κ3) is 4.67. The predicted molar refractivity (Wildman–Crippen MR) is 86.8 cm³/mol. The van der Waals surface area contributed by atoms with Crippen molar-refractivity contribution >= 4 is 28.3 Å². The Balaban J connectivity index is 0.00000242. The lowest BCUT2D eigenvalue weighted by atomic mass is 9.95. The quantitative estimate of drug-likeness (QED) is 0.728. The van der Waals surface area contributed by atoms with Gasteiger partial charge in [0, 0.05) is 12.5 Å². The first-order valence-corrected chi connectivity index (χ1v) is 8.56. The van der Waals surface area contributed by atoms with Gasteiger partial charge in [-0.25, -0.2) is 13.6 Å². The molecular formula is C14H22ClN3O3S. The fraction of sp³-hybridized carbons (Fsp3) is 0.500.